The fraction of sp³-hybridized carbons (Fsp3) is 0. The molecule has 0 bridgehead atoms. The van der Waals surface area contributed by atoms with Crippen molar-refractivity contribution in [2.45, 2.75) is 0 Å². The van der Waals surface area contributed by atoms with E-state index in [0.717, 1.165) is 99.0 Å². The largest absolute Gasteiger partial charge is 0.455 e. The topological polar surface area (TPSA) is 56.0 Å². The van der Waals surface area contributed by atoms with E-state index in [4.69, 9.17) is 14.4 Å². The van der Waals surface area contributed by atoms with Gasteiger partial charge in [0.1, 0.15) is 11.2 Å². The van der Waals surface area contributed by atoms with E-state index in [0.29, 0.717) is 5.82 Å². The van der Waals surface area contributed by atoms with Gasteiger partial charge in [0.05, 0.1) is 11.4 Å². The monoisotopic (exact) mass is 800 g/mol. The van der Waals surface area contributed by atoms with Crippen LogP contribution in [-0.2, 0) is 4.57 Å². The van der Waals surface area contributed by atoms with Crippen LogP contribution < -0.4 is 15.9 Å². The Labute approximate surface area is 353 Å². The number of rotatable bonds is 8. The van der Waals surface area contributed by atoms with Crippen molar-refractivity contribution >= 4 is 55.8 Å². The summed E-state index contributed by atoms with van der Waals surface area (Å²) in [5.41, 5.74) is 10.7. The van der Waals surface area contributed by atoms with E-state index in [9.17, 15) is 0 Å². The van der Waals surface area contributed by atoms with Gasteiger partial charge >= 0.3 is 0 Å². The van der Waals surface area contributed by atoms with Gasteiger partial charge in [-0.15, -0.1) is 0 Å². The maximum absolute atomic E-state index is 15.2. The SMILES string of the molecule is O=P(c1ccccc1)(c1ccccc1)c1ccc(-c2cc3c(oc4cccc(-c5ccc(-c6cc(-c7ccccc7)nc(-c7ccccc7)n6)cc5)c43)c3ccccc23)cc1. The van der Waals surface area contributed by atoms with Crippen LogP contribution in [0.2, 0.25) is 0 Å². The Morgan fingerprint density at radius 2 is 0.836 bits per heavy atom. The van der Waals surface area contributed by atoms with E-state index in [2.05, 4.69) is 103 Å². The fourth-order valence-corrected chi connectivity index (χ4v) is 11.2. The van der Waals surface area contributed by atoms with Crippen LogP contribution in [0.1, 0.15) is 0 Å². The maximum Gasteiger partial charge on any atom is 0.171 e. The van der Waals surface area contributed by atoms with Crippen LogP contribution in [-0.4, -0.2) is 9.97 Å². The second kappa shape index (κ2) is 15.2. The summed E-state index contributed by atoms with van der Waals surface area (Å²) in [5, 5.41) is 6.68. The number of nitrogens with zero attached hydrogens (tertiary/aromatic N) is 2. The first-order valence-electron chi connectivity index (χ1n) is 20.4. The van der Waals surface area contributed by atoms with Crippen LogP contribution in [0.15, 0.2) is 229 Å². The molecule has 2 heterocycles. The van der Waals surface area contributed by atoms with Gasteiger partial charge in [-0.25, -0.2) is 9.97 Å². The molecule has 4 nitrogen and oxygen atoms in total. The van der Waals surface area contributed by atoms with Gasteiger partial charge in [-0.1, -0.05) is 206 Å². The van der Waals surface area contributed by atoms with Gasteiger partial charge in [-0.3, -0.25) is 0 Å². The molecule has 0 aliphatic carbocycles. The third-order valence-electron chi connectivity index (χ3n) is 11.6. The average Bonchev–Trinajstić information content (AvgIpc) is 3.74. The summed E-state index contributed by atoms with van der Waals surface area (Å²) >= 11 is 0. The summed E-state index contributed by atoms with van der Waals surface area (Å²) < 4.78 is 21.9. The first kappa shape index (κ1) is 36.4. The Hall–Kier alpha value is -7.65. The summed E-state index contributed by atoms with van der Waals surface area (Å²) in [4.78, 5) is 10.0. The Morgan fingerprint density at radius 3 is 1.46 bits per heavy atom. The van der Waals surface area contributed by atoms with Gasteiger partial charge in [0, 0.05) is 48.8 Å². The van der Waals surface area contributed by atoms with E-state index in [1.54, 1.807) is 0 Å². The predicted molar refractivity (Wildman–Crippen MR) is 253 cm³/mol. The molecule has 0 amide bonds. The quantitative estimate of drug-likeness (QED) is 0.144. The molecular formula is C56H37N2O2P. The van der Waals surface area contributed by atoms with Crippen LogP contribution >= 0.6 is 7.14 Å². The molecule has 0 N–H and O–H groups in total. The molecule has 61 heavy (non-hydrogen) atoms. The lowest BCUT2D eigenvalue weighted by atomic mass is 9.93. The molecule has 2 aromatic heterocycles. The summed E-state index contributed by atoms with van der Waals surface area (Å²) in [6, 6.07) is 76.1. The number of furan rings is 1. The lowest BCUT2D eigenvalue weighted by Crippen LogP contribution is -2.24. The van der Waals surface area contributed by atoms with E-state index in [-0.39, 0.29) is 0 Å². The van der Waals surface area contributed by atoms with Crippen LogP contribution in [0.3, 0.4) is 0 Å². The zero-order valence-corrected chi connectivity index (χ0v) is 33.9. The van der Waals surface area contributed by atoms with Crippen molar-refractivity contribution in [3.8, 4) is 56.2 Å². The third-order valence-corrected chi connectivity index (χ3v) is 14.7. The Bertz CT molecular complexity index is 3300. The van der Waals surface area contributed by atoms with Gasteiger partial charge in [0.25, 0.3) is 0 Å². The van der Waals surface area contributed by atoms with Crippen molar-refractivity contribution in [2.75, 3.05) is 0 Å². The molecule has 0 aliphatic rings. The highest BCUT2D eigenvalue weighted by Crippen LogP contribution is 2.45. The molecule has 11 aromatic rings. The van der Waals surface area contributed by atoms with Crippen molar-refractivity contribution < 1.29 is 8.98 Å². The molecular weight excluding hydrogens is 764 g/mol. The van der Waals surface area contributed by atoms with Crippen LogP contribution in [0.25, 0.3) is 88.9 Å². The second-order valence-electron chi connectivity index (χ2n) is 15.2. The number of aromatic nitrogens is 2. The molecule has 0 radical (unpaired) electrons. The highest BCUT2D eigenvalue weighted by molar-refractivity contribution is 7.85. The molecule has 0 aliphatic heterocycles. The van der Waals surface area contributed by atoms with Crippen LogP contribution in [0.5, 0.6) is 0 Å². The molecule has 0 fully saturated rings. The zero-order chi connectivity index (χ0) is 40.8. The standard InChI is InChI=1S/C56H37N2O2P/c59-61(43-20-9-3-10-21-43,44-22-11-4-12-23-44)45-34-32-39(33-35-45)49-36-50-54-46(26-15-27-53(54)60-55(50)48-25-14-13-24-47(48)49)38-28-30-41(31-29-38)52-37-51(40-16-5-1-6-17-40)57-56(58-52)42-18-7-2-8-19-42/h1-37H. The number of hydrogen-bond acceptors (Lipinski definition) is 4. The predicted octanol–water partition coefficient (Wildman–Crippen LogP) is 13.5. The third kappa shape index (κ3) is 6.46. The summed E-state index contributed by atoms with van der Waals surface area (Å²) in [6.07, 6.45) is 0. The van der Waals surface area contributed by atoms with Gasteiger partial charge in [0.15, 0.2) is 13.0 Å². The molecule has 5 heteroatoms. The molecule has 11 rings (SSSR count). The second-order valence-corrected chi connectivity index (χ2v) is 18.0. The number of benzene rings is 9. The normalized spacial score (nSPS) is 11.7. The summed E-state index contributed by atoms with van der Waals surface area (Å²) in [6.45, 7) is 0. The Kier molecular flexibility index (Phi) is 9.07. The molecule has 0 unspecified atom stereocenters. The minimum absolute atomic E-state index is 0.690. The molecule has 9 aromatic carbocycles. The van der Waals surface area contributed by atoms with Crippen LogP contribution in [0, 0.1) is 0 Å². The van der Waals surface area contributed by atoms with Gasteiger partial charge in [-0.05, 0) is 45.8 Å². The van der Waals surface area contributed by atoms with Gasteiger partial charge in [-0.2, -0.15) is 0 Å². The van der Waals surface area contributed by atoms with E-state index in [1.165, 1.54) is 0 Å². The van der Waals surface area contributed by atoms with Crippen molar-refractivity contribution in [3.05, 3.63) is 224 Å². The zero-order valence-electron chi connectivity index (χ0n) is 33.0. The van der Waals surface area contributed by atoms with E-state index in [1.807, 2.05) is 121 Å². The van der Waals surface area contributed by atoms with E-state index >= 15 is 4.57 Å². The smallest absolute Gasteiger partial charge is 0.171 e. The van der Waals surface area contributed by atoms with Crippen molar-refractivity contribution in [1.82, 2.24) is 9.97 Å². The number of hydrogen-bond donors (Lipinski definition) is 0. The summed E-state index contributed by atoms with van der Waals surface area (Å²) in [7, 11) is -3.12. The van der Waals surface area contributed by atoms with Crippen molar-refractivity contribution in [1.29, 1.82) is 0 Å². The molecule has 0 saturated heterocycles. The fourth-order valence-electron chi connectivity index (χ4n) is 8.59. The lowest BCUT2D eigenvalue weighted by molar-refractivity contribution is 0.592. The lowest BCUT2D eigenvalue weighted by Gasteiger charge is -2.20. The van der Waals surface area contributed by atoms with Crippen molar-refractivity contribution in [2.24, 2.45) is 0 Å². The molecule has 0 atom stereocenters. The molecule has 0 spiro atoms. The molecule has 0 saturated carbocycles. The van der Waals surface area contributed by atoms with Gasteiger partial charge < -0.3 is 8.98 Å². The minimum atomic E-state index is -3.12. The number of fused-ring (bicyclic) bond motifs is 5. The minimum Gasteiger partial charge on any atom is -0.455 e. The Morgan fingerprint density at radius 1 is 0.361 bits per heavy atom. The van der Waals surface area contributed by atoms with Crippen LogP contribution in [0.4, 0.5) is 0 Å². The first-order chi connectivity index (χ1) is 30.1. The molecule has 288 valence electrons. The average molecular weight is 801 g/mol. The highest BCUT2D eigenvalue weighted by atomic mass is 31.2. The highest BCUT2D eigenvalue weighted by Gasteiger charge is 2.29. The summed E-state index contributed by atoms with van der Waals surface area (Å²) in [5.74, 6) is 0.690. The maximum atomic E-state index is 15.2. The Balaban J connectivity index is 1.02. The van der Waals surface area contributed by atoms with Gasteiger partial charge in [0.2, 0.25) is 0 Å². The van der Waals surface area contributed by atoms with Crippen molar-refractivity contribution in [3.63, 3.8) is 0 Å². The van der Waals surface area contributed by atoms with E-state index < -0.39 is 7.14 Å². The first-order valence-corrected chi connectivity index (χ1v) is 22.1.